The molecule has 0 spiro atoms. The number of aliphatic hydroxyl groups is 1. The molecular weight excluding hydrogens is 266 g/mol. The number of rotatable bonds is 3. The van der Waals surface area contributed by atoms with Crippen molar-refractivity contribution in [2.75, 3.05) is 25.5 Å². The molecule has 0 saturated carbocycles. The molecule has 1 aliphatic rings. The van der Waals surface area contributed by atoms with Gasteiger partial charge in [0.1, 0.15) is 5.82 Å². The number of pyridine rings is 1. The number of nitrogens with zero attached hydrogens (tertiary/aromatic N) is 2. The second kappa shape index (κ2) is 5.69. The highest BCUT2D eigenvalue weighted by atomic mass is 16.3. The Morgan fingerprint density at radius 2 is 2.19 bits per heavy atom. The predicted molar refractivity (Wildman–Crippen MR) is 82.4 cm³/mol. The van der Waals surface area contributed by atoms with Gasteiger partial charge in [0.25, 0.3) is 5.91 Å². The van der Waals surface area contributed by atoms with Crippen molar-refractivity contribution in [2.45, 2.75) is 18.9 Å². The van der Waals surface area contributed by atoms with Crippen LogP contribution in [0.1, 0.15) is 23.2 Å². The molecule has 1 saturated heterocycles. The summed E-state index contributed by atoms with van der Waals surface area (Å²) < 4.78 is 0. The molecule has 1 aromatic heterocycles. The quantitative estimate of drug-likeness (QED) is 0.903. The number of hydrogen-bond donors (Lipinski definition) is 2. The number of anilines is 1. The number of carbonyl (C=O) groups is 1. The highest BCUT2D eigenvalue weighted by molar-refractivity contribution is 6.09. The predicted octanol–water partition coefficient (Wildman–Crippen LogP) is 1.87. The number of nitrogens with one attached hydrogen (secondary N) is 1. The normalized spacial score (nSPS) is 18.2. The summed E-state index contributed by atoms with van der Waals surface area (Å²) in [7, 11) is 1.82. The van der Waals surface area contributed by atoms with Crippen molar-refractivity contribution in [1.29, 1.82) is 0 Å². The Morgan fingerprint density at radius 1 is 1.43 bits per heavy atom. The first-order valence-corrected chi connectivity index (χ1v) is 7.23. The van der Waals surface area contributed by atoms with Crippen LogP contribution in [0.4, 0.5) is 5.82 Å². The minimum atomic E-state index is -0.0692. The number of aromatic nitrogens is 1. The third-order valence-electron chi connectivity index (χ3n) is 4.11. The van der Waals surface area contributed by atoms with Crippen molar-refractivity contribution in [3.8, 4) is 0 Å². The second-order valence-electron chi connectivity index (χ2n) is 5.29. The molecule has 2 N–H and O–H groups in total. The van der Waals surface area contributed by atoms with Gasteiger partial charge in [-0.3, -0.25) is 4.79 Å². The summed E-state index contributed by atoms with van der Waals surface area (Å²) >= 11 is 0. The zero-order chi connectivity index (χ0) is 14.8. The summed E-state index contributed by atoms with van der Waals surface area (Å²) in [6.45, 7) is 0.720. The first-order valence-electron chi connectivity index (χ1n) is 7.23. The van der Waals surface area contributed by atoms with Gasteiger partial charge in [0.15, 0.2) is 0 Å². The lowest BCUT2D eigenvalue weighted by Crippen LogP contribution is -2.37. The van der Waals surface area contributed by atoms with Gasteiger partial charge in [-0.05, 0) is 18.2 Å². The van der Waals surface area contributed by atoms with E-state index in [-0.39, 0.29) is 18.6 Å². The third-order valence-corrected chi connectivity index (χ3v) is 4.11. The molecule has 0 radical (unpaired) electrons. The molecule has 0 aliphatic carbocycles. The molecule has 5 heteroatoms. The van der Waals surface area contributed by atoms with E-state index < -0.39 is 0 Å². The second-order valence-corrected chi connectivity index (χ2v) is 5.29. The Balaban J connectivity index is 2.06. The maximum absolute atomic E-state index is 12.8. The van der Waals surface area contributed by atoms with Gasteiger partial charge in [0.05, 0.1) is 18.2 Å². The van der Waals surface area contributed by atoms with Gasteiger partial charge in [-0.1, -0.05) is 24.3 Å². The van der Waals surface area contributed by atoms with E-state index in [1.165, 1.54) is 0 Å². The molecule has 2 heterocycles. The summed E-state index contributed by atoms with van der Waals surface area (Å²) in [5.74, 6) is 0.722. The number of amides is 1. The van der Waals surface area contributed by atoms with Crippen LogP contribution in [0.15, 0.2) is 30.5 Å². The lowest BCUT2D eigenvalue weighted by molar-refractivity contribution is 0.0679. The molecule has 0 bridgehead atoms. The van der Waals surface area contributed by atoms with Gasteiger partial charge in [-0.15, -0.1) is 0 Å². The molecule has 1 aliphatic heterocycles. The van der Waals surface area contributed by atoms with E-state index >= 15 is 0 Å². The van der Waals surface area contributed by atoms with E-state index in [1.807, 2.05) is 31.3 Å². The van der Waals surface area contributed by atoms with E-state index in [9.17, 15) is 9.90 Å². The molecular formula is C16H19N3O2. The smallest absolute Gasteiger partial charge is 0.256 e. The average Bonchev–Trinajstić information content (AvgIpc) is 3.01. The van der Waals surface area contributed by atoms with Gasteiger partial charge in [0, 0.05) is 25.2 Å². The van der Waals surface area contributed by atoms with Crippen molar-refractivity contribution in [2.24, 2.45) is 0 Å². The van der Waals surface area contributed by atoms with Crippen molar-refractivity contribution in [3.05, 3.63) is 36.0 Å². The van der Waals surface area contributed by atoms with Crippen LogP contribution >= 0.6 is 0 Å². The number of carbonyl (C=O) groups excluding carboxylic acids is 1. The van der Waals surface area contributed by atoms with E-state index in [2.05, 4.69) is 10.3 Å². The van der Waals surface area contributed by atoms with Gasteiger partial charge < -0.3 is 15.3 Å². The minimum Gasteiger partial charge on any atom is -0.394 e. The summed E-state index contributed by atoms with van der Waals surface area (Å²) in [6, 6.07) is 7.69. The van der Waals surface area contributed by atoms with Crippen molar-refractivity contribution in [1.82, 2.24) is 9.88 Å². The molecule has 3 rings (SSSR count). The van der Waals surface area contributed by atoms with Crippen LogP contribution < -0.4 is 5.32 Å². The van der Waals surface area contributed by atoms with Crippen molar-refractivity contribution in [3.63, 3.8) is 0 Å². The number of fused-ring (bicyclic) bond motifs is 1. The van der Waals surface area contributed by atoms with Crippen LogP contribution in [0.2, 0.25) is 0 Å². The Bertz CT molecular complexity index is 672. The molecule has 1 atom stereocenters. The fraction of sp³-hybridized carbons (Fsp3) is 0.375. The Morgan fingerprint density at radius 3 is 2.90 bits per heavy atom. The third kappa shape index (κ3) is 2.34. The number of benzene rings is 1. The van der Waals surface area contributed by atoms with Crippen LogP contribution in [0.5, 0.6) is 0 Å². The maximum atomic E-state index is 12.8. The summed E-state index contributed by atoms with van der Waals surface area (Å²) in [5, 5.41) is 14.3. The highest BCUT2D eigenvalue weighted by Gasteiger charge is 2.29. The summed E-state index contributed by atoms with van der Waals surface area (Å²) in [6.07, 6.45) is 3.43. The van der Waals surface area contributed by atoms with Gasteiger partial charge in [-0.2, -0.15) is 0 Å². The molecule has 5 nitrogen and oxygen atoms in total. The minimum absolute atomic E-state index is 0.0195. The highest BCUT2D eigenvalue weighted by Crippen LogP contribution is 2.27. The van der Waals surface area contributed by atoms with Crippen LogP contribution in [0.25, 0.3) is 10.8 Å². The number of hydrogen-bond acceptors (Lipinski definition) is 4. The molecule has 1 amide bonds. The molecule has 1 aromatic carbocycles. The maximum Gasteiger partial charge on any atom is 0.256 e. The fourth-order valence-electron chi connectivity index (χ4n) is 3.01. The molecule has 2 aromatic rings. The fourth-order valence-corrected chi connectivity index (χ4v) is 3.01. The largest absolute Gasteiger partial charge is 0.394 e. The Kier molecular flexibility index (Phi) is 3.75. The van der Waals surface area contributed by atoms with Crippen LogP contribution in [0, 0.1) is 0 Å². The zero-order valence-electron chi connectivity index (χ0n) is 12.0. The van der Waals surface area contributed by atoms with E-state index in [1.54, 1.807) is 11.1 Å². The number of aliphatic hydroxyl groups excluding tert-OH is 1. The molecule has 21 heavy (non-hydrogen) atoms. The van der Waals surface area contributed by atoms with E-state index in [0.29, 0.717) is 12.1 Å². The first-order chi connectivity index (χ1) is 10.3. The lowest BCUT2D eigenvalue weighted by atomic mass is 10.1. The first kappa shape index (κ1) is 13.8. The van der Waals surface area contributed by atoms with E-state index in [4.69, 9.17) is 0 Å². The SMILES string of the molecule is CNc1ncc(C(=O)N2CCCC2CO)c2ccccc12. The zero-order valence-corrected chi connectivity index (χ0v) is 12.0. The Labute approximate surface area is 123 Å². The van der Waals surface area contributed by atoms with E-state index in [0.717, 1.165) is 29.4 Å². The van der Waals surface area contributed by atoms with Gasteiger partial charge in [0.2, 0.25) is 0 Å². The Hall–Kier alpha value is -2.14. The van der Waals surface area contributed by atoms with Gasteiger partial charge >= 0.3 is 0 Å². The standard InChI is InChI=1S/C16H19N3O2/c1-17-15-13-7-3-2-6-12(13)14(9-18-15)16(21)19-8-4-5-11(19)10-20/h2-3,6-7,9,11,20H,4-5,8,10H2,1H3,(H,17,18). The summed E-state index contributed by atoms with van der Waals surface area (Å²) in [4.78, 5) is 18.9. The molecule has 1 unspecified atom stereocenters. The molecule has 110 valence electrons. The lowest BCUT2D eigenvalue weighted by Gasteiger charge is -2.23. The monoisotopic (exact) mass is 285 g/mol. The van der Waals surface area contributed by atoms with Crippen LogP contribution in [0.3, 0.4) is 0 Å². The van der Waals surface area contributed by atoms with Crippen LogP contribution in [-0.2, 0) is 0 Å². The molecule has 1 fully saturated rings. The van der Waals surface area contributed by atoms with Crippen molar-refractivity contribution >= 4 is 22.5 Å². The number of likely N-dealkylation sites (tertiary alicyclic amines) is 1. The van der Waals surface area contributed by atoms with Crippen molar-refractivity contribution < 1.29 is 9.90 Å². The average molecular weight is 285 g/mol. The van der Waals surface area contributed by atoms with Crippen LogP contribution in [-0.4, -0.2) is 47.1 Å². The van der Waals surface area contributed by atoms with Gasteiger partial charge in [-0.25, -0.2) is 4.98 Å². The topological polar surface area (TPSA) is 65.5 Å². The summed E-state index contributed by atoms with van der Waals surface area (Å²) in [5.41, 5.74) is 0.602.